The smallest absolute Gasteiger partial charge is 0.0640 e. The molecule has 2 heteroatoms. The third kappa shape index (κ3) is 4.01. The maximum absolute atomic E-state index is 6.22. The number of nitrogens with one attached hydrogen (secondary N) is 1. The molecule has 0 radical (unpaired) electrons. The van der Waals surface area contributed by atoms with Gasteiger partial charge in [0.2, 0.25) is 0 Å². The van der Waals surface area contributed by atoms with Crippen LogP contribution >= 0.6 is 11.6 Å². The lowest BCUT2D eigenvalue weighted by atomic mass is 10.0. The molecule has 1 nitrogen and oxygen atoms in total. The number of rotatable bonds is 5. The molecule has 20 heavy (non-hydrogen) atoms. The minimum atomic E-state index is 0.699. The zero-order valence-electron chi connectivity index (χ0n) is 12.4. The van der Waals surface area contributed by atoms with Crippen LogP contribution in [0.4, 0.5) is 5.69 Å². The van der Waals surface area contributed by atoms with E-state index in [4.69, 9.17) is 11.6 Å². The van der Waals surface area contributed by atoms with Gasteiger partial charge in [0.05, 0.1) is 10.7 Å². The Morgan fingerprint density at radius 2 is 1.65 bits per heavy atom. The van der Waals surface area contributed by atoms with Crippen LogP contribution in [0.1, 0.15) is 30.5 Å². The predicted molar refractivity (Wildman–Crippen MR) is 88.5 cm³/mol. The minimum absolute atomic E-state index is 0.699. The molecule has 0 aliphatic heterocycles. The van der Waals surface area contributed by atoms with E-state index in [1.165, 1.54) is 16.7 Å². The van der Waals surface area contributed by atoms with Crippen LogP contribution in [0, 0.1) is 12.8 Å². The number of benzene rings is 2. The number of halogens is 1. The van der Waals surface area contributed by atoms with Crippen molar-refractivity contribution in [2.24, 2.45) is 5.92 Å². The highest BCUT2D eigenvalue weighted by molar-refractivity contribution is 6.33. The highest BCUT2D eigenvalue weighted by atomic mass is 35.5. The summed E-state index contributed by atoms with van der Waals surface area (Å²) in [5.74, 6) is 0.699. The van der Waals surface area contributed by atoms with Crippen molar-refractivity contribution in [1.82, 2.24) is 0 Å². The van der Waals surface area contributed by atoms with Gasteiger partial charge in [-0.2, -0.15) is 0 Å². The molecule has 0 spiro atoms. The summed E-state index contributed by atoms with van der Waals surface area (Å²) in [5, 5.41) is 4.20. The second-order valence-corrected chi connectivity index (χ2v) is 6.11. The van der Waals surface area contributed by atoms with Gasteiger partial charge in [-0.15, -0.1) is 0 Å². The molecule has 0 aliphatic carbocycles. The molecular formula is C18H22ClN. The monoisotopic (exact) mass is 287 g/mol. The van der Waals surface area contributed by atoms with Gasteiger partial charge in [0.15, 0.2) is 0 Å². The fourth-order valence-corrected chi connectivity index (χ4v) is 2.60. The second-order valence-electron chi connectivity index (χ2n) is 5.70. The van der Waals surface area contributed by atoms with Gasteiger partial charge in [0.1, 0.15) is 0 Å². The highest BCUT2D eigenvalue weighted by Crippen LogP contribution is 2.25. The summed E-state index contributed by atoms with van der Waals surface area (Å²) in [6, 6.07) is 14.8. The van der Waals surface area contributed by atoms with Gasteiger partial charge < -0.3 is 5.32 Å². The Bertz CT molecular complexity index is 538. The average Bonchev–Trinajstić information content (AvgIpc) is 2.39. The highest BCUT2D eigenvalue weighted by Gasteiger charge is 2.03. The summed E-state index contributed by atoms with van der Waals surface area (Å²) in [7, 11) is 0. The van der Waals surface area contributed by atoms with Crippen LogP contribution in [-0.2, 0) is 13.0 Å². The molecule has 0 amide bonds. The Morgan fingerprint density at radius 1 is 1.00 bits per heavy atom. The average molecular weight is 288 g/mol. The first-order valence-corrected chi connectivity index (χ1v) is 7.51. The first kappa shape index (κ1) is 14.9. The van der Waals surface area contributed by atoms with Crippen LogP contribution in [0.15, 0.2) is 42.5 Å². The Labute approximate surface area is 127 Å². The van der Waals surface area contributed by atoms with Crippen LogP contribution in [-0.4, -0.2) is 0 Å². The van der Waals surface area contributed by atoms with Gasteiger partial charge in [0.25, 0.3) is 0 Å². The van der Waals surface area contributed by atoms with E-state index in [9.17, 15) is 0 Å². The lowest BCUT2D eigenvalue weighted by Crippen LogP contribution is -2.02. The van der Waals surface area contributed by atoms with Crippen molar-refractivity contribution in [1.29, 1.82) is 0 Å². The summed E-state index contributed by atoms with van der Waals surface area (Å²) in [4.78, 5) is 0. The number of hydrogen-bond acceptors (Lipinski definition) is 1. The summed E-state index contributed by atoms with van der Waals surface area (Å²) in [5.41, 5.74) is 4.88. The molecule has 0 unspecified atom stereocenters. The second kappa shape index (κ2) is 6.81. The van der Waals surface area contributed by atoms with Crippen LogP contribution < -0.4 is 5.32 Å². The van der Waals surface area contributed by atoms with E-state index in [1.807, 2.05) is 12.1 Å². The van der Waals surface area contributed by atoms with Gasteiger partial charge >= 0.3 is 0 Å². The fraction of sp³-hybridized carbons (Fsp3) is 0.333. The Morgan fingerprint density at radius 3 is 2.25 bits per heavy atom. The summed E-state index contributed by atoms with van der Waals surface area (Å²) in [6.07, 6.45) is 1.14. The molecule has 2 aromatic carbocycles. The summed E-state index contributed by atoms with van der Waals surface area (Å²) < 4.78 is 0. The molecule has 0 aliphatic rings. The Balaban J connectivity index is 2.00. The van der Waals surface area contributed by atoms with E-state index in [0.29, 0.717) is 5.92 Å². The van der Waals surface area contributed by atoms with Gasteiger partial charge in [-0.1, -0.05) is 61.8 Å². The van der Waals surface area contributed by atoms with E-state index in [-0.39, 0.29) is 0 Å². The van der Waals surface area contributed by atoms with Crippen molar-refractivity contribution >= 4 is 17.3 Å². The molecule has 0 bridgehead atoms. The van der Waals surface area contributed by atoms with Crippen LogP contribution in [0.2, 0.25) is 5.02 Å². The Kier molecular flexibility index (Phi) is 5.08. The summed E-state index contributed by atoms with van der Waals surface area (Å²) >= 11 is 6.22. The topological polar surface area (TPSA) is 12.0 Å². The third-order valence-electron chi connectivity index (χ3n) is 3.36. The van der Waals surface area contributed by atoms with Gasteiger partial charge in [0, 0.05) is 6.54 Å². The third-order valence-corrected chi connectivity index (χ3v) is 3.67. The molecule has 0 saturated heterocycles. The van der Waals surface area contributed by atoms with Crippen LogP contribution in [0.5, 0.6) is 0 Å². The number of anilines is 1. The van der Waals surface area contributed by atoms with Crippen LogP contribution in [0.3, 0.4) is 0 Å². The zero-order valence-corrected chi connectivity index (χ0v) is 13.2. The molecule has 0 heterocycles. The standard InChI is InChI=1S/C18H22ClN/c1-13(2)11-15-7-9-16(10-8-15)12-20-18-14(3)5-4-6-17(18)19/h4-10,13,20H,11-12H2,1-3H3. The Hall–Kier alpha value is -1.47. The SMILES string of the molecule is Cc1cccc(Cl)c1NCc1ccc(CC(C)C)cc1. The molecule has 2 aromatic rings. The van der Waals surface area contributed by atoms with Crippen molar-refractivity contribution in [2.45, 2.75) is 33.7 Å². The summed E-state index contributed by atoms with van der Waals surface area (Å²) in [6.45, 7) is 7.36. The van der Waals surface area contributed by atoms with Gasteiger partial charge in [-0.05, 0) is 42.0 Å². The molecule has 0 atom stereocenters. The van der Waals surface area contributed by atoms with Gasteiger partial charge in [-0.25, -0.2) is 0 Å². The van der Waals surface area contributed by atoms with E-state index < -0.39 is 0 Å². The number of hydrogen-bond donors (Lipinski definition) is 1. The molecule has 0 saturated carbocycles. The lowest BCUT2D eigenvalue weighted by Gasteiger charge is -2.12. The predicted octanol–water partition coefficient (Wildman–Crippen LogP) is 5.46. The largest absolute Gasteiger partial charge is 0.380 e. The number of aryl methyl sites for hydroxylation is 1. The van der Waals surface area contributed by atoms with E-state index >= 15 is 0 Å². The maximum atomic E-state index is 6.22. The molecule has 0 fully saturated rings. The molecule has 2 rings (SSSR count). The van der Waals surface area contributed by atoms with Crippen molar-refractivity contribution in [3.63, 3.8) is 0 Å². The molecule has 106 valence electrons. The van der Waals surface area contributed by atoms with E-state index in [0.717, 1.165) is 23.7 Å². The van der Waals surface area contributed by atoms with Gasteiger partial charge in [-0.3, -0.25) is 0 Å². The maximum Gasteiger partial charge on any atom is 0.0640 e. The number of para-hydroxylation sites is 1. The van der Waals surface area contributed by atoms with Crippen molar-refractivity contribution in [3.8, 4) is 0 Å². The quantitative estimate of drug-likeness (QED) is 0.770. The van der Waals surface area contributed by atoms with E-state index in [2.05, 4.69) is 56.4 Å². The van der Waals surface area contributed by atoms with Crippen molar-refractivity contribution in [2.75, 3.05) is 5.32 Å². The molecular weight excluding hydrogens is 266 g/mol. The fourth-order valence-electron chi connectivity index (χ4n) is 2.31. The normalized spacial score (nSPS) is 10.8. The van der Waals surface area contributed by atoms with Crippen molar-refractivity contribution in [3.05, 3.63) is 64.2 Å². The molecule has 0 aromatic heterocycles. The van der Waals surface area contributed by atoms with Crippen molar-refractivity contribution < 1.29 is 0 Å². The minimum Gasteiger partial charge on any atom is -0.380 e. The first-order valence-electron chi connectivity index (χ1n) is 7.13. The molecule has 1 N–H and O–H groups in total. The van der Waals surface area contributed by atoms with E-state index in [1.54, 1.807) is 0 Å². The van der Waals surface area contributed by atoms with Crippen LogP contribution in [0.25, 0.3) is 0 Å². The first-order chi connectivity index (χ1) is 9.56. The lowest BCUT2D eigenvalue weighted by molar-refractivity contribution is 0.647. The zero-order chi connectivity index (χ0) is 14.5.